The van der Waals surface area contributed by atoms with Crippen molar-refractivity contribution in [3.8, 4) is 0 Å². The standard InChI is InChI=1S/C17H17BrN4O2/c1-10(2)22(13-6-3-11(4-7-13)16(23)21-24)17-19-14-8-5-12(18)9-15(14)20-17/h3-10,24H,1-2H3,(H,19,20)(H,21,23). The van der Waals surface area contributed by atoms with Crippen LogP contribution >= 0.6 is 15.9 Å². The predicted molar refractivity (Wildman–Crippen MR) is 96.8 cm³/mol. The van der Waals surface area contributed by atoms with Gasteiger partial charge < -0.3 is 9.88 Å². The molecule has 0 fully saturated rings. The molecule has 6 nitrogen and oxygen atoms in total. The zero-order valence-electron chi connectivity index (χ0n) is 13.2. The Balaban J connectivity index is 2.01. The third kappa shape index (κ3) is 3.13. The average molecular weight is 389 g/mol. The number of fused-ring (bicyclic) bond motifs is 1. The van der Waals surface area contributed by atoms with Crippen molar-refractivity contribution in [1.82, 2.24) is 15.4 Å². The third-order valence-corrected chi connectivity index (χ3v) is 4.18. The van der Waals surface area contributed by atoms with E-state index < -0.39 is 5.91 Å². The van der Waals surface area contributed by atoms with E-state index in [0.29, 0.717) is 5.56 Å². The van der Waals surface area contributed by atoms with E-state index in [4.69, 9.17) is 5.21 Å². The van der Waals surface area contributed by atoms with Gasteiger partial charge in [0.2, 0.25) is 5.95 Å². The number of H-pyrrole nitrogens is 1. The first-order chi connectivity index (χ1) is 11.5. The second-order valence-corrected chi connectivity index (χ2v) is 6.59. The Kier molecular flexibility index (Phi) is 4.55. The summed E-state index contributed by atoms with van der Waals surface area (Å²) in [6, 6.07) is 13.0. The second kappa shape index (κ2) is 6.62. The predicted octanol–water partition coefficient (Wildman–Crippen LogP) is 3.99. The number of anilines is 2. The molecule has 0 aliphatic heterocycles. The molecule has 3 aromatic rings. The highest BCUT2D eigenvalue weighted by Crippen LogP contribution is 2.28. The van der Waals surface area contributed by atoms with Gasteiger partial charge in [0.05, 0.1) is 11.0 Å². The third-order valence-electron chi connectivity index (χ3n) is 3.69. The van der Waals surface area contributed by atoms with Crippen LogP contribution in [0.5, 0.6) is 0 Å². The van der Waals surface area contributed by atoms with E-state index in [2.05, 4.69) is 44.6 Å². The zero-order valence-corrected chi connectivity index (χ0v) is 14.8. The van der Waals surface area contributed by atoms with Crippen LogP contribution in [0.25, 0.3) is 11.0 Å². The number of hydrogen-bond acceptors (Lipinski definition) is 4. The van der Waals surface area contributed by atoms with Crippen LogP contribution < -0.4 is 10.4 Å². The molecule has 124 valence electrons. The monoisotopic (exact) mass is 388 g/mol. The molecule has 2 aromatic carbocycles. The van der Waals surface area contributed by atoms with Crippen molar-refractivity contribution in [3.63, 3.8) is 0 Å². The van der Waals surface area contributed by atoms with Crippen molar-refractivity contribution in [3.05, 3.63) is 52.5 Å². The molecule has 1 aromatic heterocycles. The van der Waals surface area contributed by atoms with Crippen molar-refractivity contribution in [2.45, 2.75) is 19.9 Å². The lowest BCUT2D eigenvalue weighted by atomic mass is 10.1. The number of benzene rings is 2. The molecular weight excluding hydrogens is 372 g/mol. The number of nitrogens with zero attached hydrogens (tertiary/aromatic N) is 2. The van der Waals surface area contributed by atoms with E-state index in [1.165, 1.54) is 0 Å². The number of nitrogens with one attached hydrogen (secondary N) is 2. The Labute approximate surface area is 147 Å². The van der Waals surface area contributed by atoms with Crippen molar-refractivity contribution >= 4 is 44.5 Å². The number of hydroxylamine groups is 1. The van der Waals surface area contributed by atoms with Gasteiger partial charge in [0.1, 0.15) is 0 Å². The Hall–Kier alpha value is -2.38. The number of hydrogen-bond donors (Lipinski definition) is 3. The molecule has 0 radical (unpaired) electrons. The lowest BCUT2D eigenvalue weighted by molar-refractivity contribution is 0.0706. The highest BCUT2D eigenvalue weighted by molar-refractivity contribution is 9.10. The van der Waals surface area contributed by atoms with Gasteiger partial charge in [0.15, 0.2) is 0 Å². The van der Waals surface area contributed by atoms with Gasteiger partial charge >= 0.3 is 0 Å². The maximum Gasteiger partial charge on any atom is 0.274 e. The fourth-order valence-corrected chi connectivity index (χ4v) is 2.95. The van der Waals surface area contributed by atoms with Gasteiger partial charge in [0.25, 0.3) is 5.91 Å². The quantitative estimate of drug-likeness (QED) is 0.466. The molecule has 1 amide bonds. The summed E-state index contributed by atoms with van der Waals surface area (Å²) in [6.07, 6.45) is 0. The topological polar surface area (TPSA) is 81.2 Å². The number of amides is 1. The minimum absolute atomic E-state index is 0.159. The van der Waals surface area contributed by atoms with E-state index in [1.54, 1.807) is 17.6 Å². The minimum atomic E-state index is -0.536. The second-order valence-electron chi connectivity index (χ2n) is 5.67. The molecule has 0 bridgehead atoms. The molecule has 7 heteroatoms. The number of carbonyl (C=O) groups excluding carboxylic acids is 1. The van der Waals surface area contributed by atoms with Crippen molar-refractivity contribution < 1.29 is 10.0 Å². The largest absolute Gasteiger partial charge is 0.324 e. The van der Waals surface area contributed by atoms with Crippen LogP contribution in [0, 0.1) is 0 Å². The van der Waals surface area contributed by atoms with E-state index >= 15 is 0 Å². The average Bonchev–Trinajstić information content (AvgIpc) is 2.97. The van der Waals surface area contributed by atoms with Gasteiger partial charge in [-0.2, -0.15) is 0 Å². The number of aromatic nitrogens is 2. The summed E-state index contributed by atoms with van der Waals surface area (Å²) in [5, 5.41) is 8.71. The Morgan fingerprint density at radius 1 is 1.25 bits per heavy atom. The normalized spacial score (nSPS) is 11.0. The Morgan fingerprint density at radius 3 is 2.58 bits per heavy atom. The summed E-state index contributed by atoms with van der Waals surface area (Å²) in [6.45, 7) is 4.13. The molecule has 0 aliphatic carbocycles. The molecule has 24 heavy (non-hydrogen) atoms. The van der Waals surface area contributed by atoms with Gasteiger partial charge in [-0.3, -0.25) is 10.0 Å². The number of aromatic amines is 1. The molecule has 0 saturated carbocycles. The van der Waals surface area contributed by atoms with Gasteiger partial charge in [-0.25, -0.2) is 10.5 Å². The molecule has 0 spiro atoms. The summed E-state index contributed by atoms with van der Waals surface area (Å²) in [4.78, 5) is 21.5. The highest BCUT2D eigenvalue weighted by Gasteiger charge is 2.17. The van der Waals surface area contributed by atoms with Gasteiger partial charge in [0, 0.05) is 21.8 Å². The lowest BCUT2D eigenvalue weighted by Gasteiger charge is -2.26. The van der Waals surface area contributed by atoms with Crippen LogP contribution in [0.2, 0.25) is 0 Å². The molecule has 0 atom stereocenters. The minimum Gasteiger partial charge on any atom is -0.324 e. The maximum atomic E-state index is 11.5. The van der Waals surface area contributed by atoms with Crippen LogP contribution in [0.4, 0.5) is 11.6 Å². The molecule has 0 aliphatic rings. The summed E-state index contributed by atoms with van der Waals surface area (Å²) in [5.74, 6) is 0.198. The molecule has 0 saturated heterocycles. The van der Waals surface area contributed by atoms with Crippen molar-refractivity contribution in [1.29, 1.82) is 0 Å². The first-order valence-corrected chi connectivity index (χ1v) is 8.28. The molecule has 1 heterocycles. The molecule has 0 unspecified atom stereocenters. The van der Waals surface area contributed by atoms with Crippen molar-refractivity contribution in [2.75, 3.05) is 4.90 Å². The smallest absolute Gasteiger partial charge is 0.274 e. The van der Waals surface area contributed by atoms with Crippen molar-refractivity contribution in [2.24, 2.45) is 0 Å². The molecular formula is C17H17BrN4O2. The first-order valence-electron chi connectivity index (χ1n) is 7.48. The van der Waals surface area contributed by atoms with E-state index in [9.17, 15) is 4.79 Å². The van der Waals surface area contributed by atoms with E-state index in [1.807, 2.05) is 30.3 Å². The van der Waals surface area contributed by atoms with E-state index in [0.717, 1.165) is 27.1 Å². The Bertz CT molecular complexity index is 874. The zero-order chi connectivity index (χ0) is 17.3. The molecule has 3 N–H and O–H groups in total. The van der Waals surface area contributed by atoms with E-state index in [-0.39, 0.29) is 6.04 Å². The highest BCUT2D eigenvalue weighted by atomic mass is 79.9. The summed E-state index contributed by atoms with van der Waals surface area (Å²) >= 11 is 3.46. The van der Waals surface area contributed by atoms with Gasteiger partial charge in [-0.05, 0) is 56.3 Å². The summed E-state index contributed by atoms with van der Waals surface area (Å²) < 4.78 is 0.987. The molecule has 3 rings (SSSR count). The number of rotatable bonds is 4. The van der Waals surface area contributed by atoms with Gasteiger partial charge in [-0.15, -0.1) is 0 Å². The number of imidazole rings is 1. The van der Waals surface area contributed by atoms with Crippen LogP contribution in [0.3, 0.4) is 0 Å². The fraction of sp³-hybridized carbons (Fsp3) is 0.176. The lowest BCUT2D eigenvalue weighted by Crippen LogP contribution is -2.26. The summed E-state index contributed by atoms with van der Waals surface area (Å²) in [7, 11) is 0. The van der Waals surface area contributed by atoms with Crippen LogP contribution in [0.15, 0.2) is 46.9 Å². The summed E-state index contributed by atoms with van der Waals surface area (Å²) in [5.41, 5.74) is 4.75. The Morgan fingerprint density at radius 2 is 1.96 bits per heavy atom. The first kappa shape index (κ1) is 16.5. The van der Waals surface area contributed by atoms with Crippen LogP contribution in [-0.4, -0.2) is 27.1 Å². The maximum absolute atomic E-state index is 11.5. The number of carbonyl (C=O) groups is 1. The number of halogens is 1. The van der Waals surface area contributed by atoms with Gasteiger partial charge in [-0.1, -0.05) is 15.9 Å². The van der Waals surface area contributed by atoms with Crippen LogP contribution in [-0.2, 0) is 0 Å². The fourth-order valence-electron chi connectivity index (χ4n) is 2.59. The SMILES string of the molecule is CC(C)N(c1ccc(C(=O)NO)cc1)c1nc2ccc(Br)cc2[nH]1. The van der Waals surface area contributed by atoms with Crippen LogP contribution in [0.1, 0.15) is 24.2 Å².